The molecule has 0 aliphatic heterocycles. The molecule has 0 spiro atoms. The van der Waals surface area contributed by atoms with E-state index in [-0.39, 0.29) is 5.78 Å². The maximum atomic E-state index is 10.5. The minimum absolute atomic E-state index is 0.182. The van der Waals surface area contributed by atoms with Crippen molar-refractivity contribution in [3.63, 3.8) is 0 Å². The molecule has 0 unspecified atom stereocenters. The van der Waals surface area contributed by atoms with Crippen LogP contribution in [0.5, 0.6) is 0 Å². The van der Waals surface area contributed by atoms with Gasteiger partial charge < -0.3 is 10.3 Å². The Balaban J connectivity index is 2.07. The molecule has 3 heteroatoms. The zero-order valence-electron chi connectivity index (χ0n) is 7.26. The molecule has 0 saturated heterocycles. The lowest BCUT2D eigenvalue weighted by Gasteiger charge is -1.99. The monoisotopic (exact) mass is 166 g/mol. The van der Waals surface area contributed by atoms with Gasteiger partial charge in [-0.15, -0.1) is 0 Å². The molecule has 0 aliphatic rings. The highest BCUT2D eigenvalue weighted by Crippen LogP contribution is 1.93. The van der Waals surface area contributed by atoms with Crippen molar-refractivity contribution in [1.29, 1.82) is 0 Å². The molecule has 0 amide bonds. The summed E-state index contributed by atoms with van der Waals surface area (Å²) in [5.74, 6) is 0.182. The van der Waals surface area contributed by atoms with Crippen LogP contribution in [0, 0.1) is 0 Å². The molecule has 1 heterocycles. The summed E-state index contributed by atoms with van der Waals surface area (Å²) in [7, 11) is 0. The van der Waals surface area contributed by atoms with Crippen molar-refractivity contribution < 1.29 is 4.79 Å². The van der Waals surface area contributed by atoms with Crippen LogP contribution in [-0.2, 0) is 11.2 Å². The van der Waals surface area contributed by atoms with Crippen LogP contribution < -0.4 is 5.32 Å². The Hall–Kier alpha value is -1.09. The second kappa shape index (κ2) is 4.72. The third kappa shape index (κ3) is 3.34. The van der Waals surface area contributed by atoms with E-state index in [1.54, 1.807) is 6.92 Å². The number of carbonyl (C=O) groups is 1. The van der Waals surface area contributed by atoms with E-state index in [9.17, 15) is 4.79 Å². The largest absolute Gasteiger partial charge is 0.365 e. The molecular weight excluding hydrogens is 152 g/mol. The Bertz CT molecular complexity index is 229. The standard InChI is InChI=1S/C9H14N2O/c1-8(12)7-10-6-4-9-3-2-5-11-9/h2-3,5,10-11H,4,6-7H2,1H3. The summed E-state index contributed by atoms with van der Waals surface area (Å²) >= 11 is 0. The average Bonchev–Trinajstić information content (AvgIpc) is 2.49. The Morgan fingerprint density at radius 3 is 3.08 bits per heavy atom. The molecule has 0 saturated carbocycles. The fraction of sp³-hybridized carbons (Fsp3) is 0.444. The highest BCUT2D eigenvalue weighted by molar-refractivity contribution is 5.77. The van der Waals surface area contributed by atoms with Crippen molar-refractivity contribution >= 4 is 5.78 Å². The predicted molar refractivity (Wildman–Crippen MR) is 48.0 cm³/mol. The summed E-state index contributed by atoms with van der Waals surface area (Å²) in [6.07, 6.45) is 2.85. The second-order valence-electron chi connectivity index (χ2n) is 2.82. The van der Waals surface area contributed by atoms with Crippen molar-refractivity contribution in [2.75, 3.05) is 13.1 Å². The molecule has 3 nitrogen and oxygen atoms in total. The third-order valence-corrected chi connectivity index (χ3v) is 1.61. The molecule has 2 N–H and O–H groups in total. The molecule has 1 aromatic heterocycles. The SMILES string of the molecule is CC(=O)CNCCc1ccc[nH]1. The molecule has 0 radical (unpaired) electrons. The van der Waals surface area contributed by atoms with Crippen molar-refractivity contribution in [2.45, 2.75) is 13.3 Å². The molecule has 0 atom stereocenters. The van der Waals surface area contributed by atoms with Gasteiger partial charge in [-0.25, -0.2) is 0 Å². The Kier molecular flexibility index (Phi) is 3.54. The minimum atomic E-state index is 0.182. The summed E-state index contributed by atoms with van der Waals surface area (Å²) in [5.41, 5.74) is 1.20. The van der Waals surface area contributed by atoms with Crippen LogP contribution in [0.15, 0.2) is 18.3 Å². The van der Waals surface area contributed by atoms with Gasteiger partial charge in [0.2, 0.25) is 0 Å². The summed E-state index contributed by atoms with van der Waals surface area (Å²) in [6.45, 7) is 2.91. The molecule has 1 aromatic rings. The van der Waals surface area contributed by atoms with E-state index in [0.29, 0.717) is 6.54 Å². The van der Waals surface area contributed by atoms with Crippen LogP contribution in [0.3, 0.4) is 0 Å². The number of nitrogens with one attached hydrogen (secondary N) is 2. The molecule has 12 heavy (non-hydrogen) atoms. The van der Waals surface area contributed by atoms with Crippen LogP contribution in [0.4, 0.5) is 0 Å². The van der Waals surface area contributed by atoms with Crippen molar-refractivity contribution in [2.24, 2.45) is 0 Å². The fourth-order valence-corrected chi connectivity index (χ4v) is 1.01. The van der Waals surface area contributed by atoms with Crippen LogP contribution in [0.2, 0.25) is 0 Å². The number of hydrogen-bond donors (Lipinski definition) is 2. The van der Waals surface area contributed by atoms with E-state index in [0.717, 1.165) is 13.0 Å². The van der Waals surface area contributed by atoms with Gasteiger partial charge in [-0.2, -0.15) is 0 Å². The molecule has 0 fully saturated rings. The maximum absolute atomic E-state index is 10.5. The number of aromatic nitrogens is 1. The first-order chi connectivity index (χ1) is 5.79. The van der Waals surface area contributed by atoms with Crippen LogP contribution >= 0.6 is 0 Å². The van der Waals surface area contributed by atoms with Gasteiger partial charge in [0, 0.05) is 18.4 Å². The van der Waals surface area contributed by atoms with Crippen LogP contribution in [0.25, 0.3) is 0 Å². The van der Waals surface area contributed by atoms with E-state index in [2.05, 4.69) is 10.3 Å². The first-order valence-corrected chi connectivity index (χ1v) is 4.11. The Morgan fingerprint density at radius 1 is 1.67 bits per heavy atom. The van der Waals surface area contributed by atoms with Crippen molar-refractivity contribution in [3.8, 4) is 0 Å². The molecule has 1 rings (SSSR count). The van der Waals surface area contributed by atoms with Crippen LogP contribution in [0.1, 0.15) is 12.6 Å². The lowest BCUT2D eigenvalue weighted by molar-refractivity contribution is -0.116. The lowest BCUT2D eigenvalue weighted by Crippen LogP contribution is -2.23. The number of carbonyl (C=O) groups excluding carboxylic acids is 1. The van der Waals surface area contributed by atoms with E-state index in [1.165, 1.54) is 5.69 Å². The summed E-state index contributed by atoms with van der Waals surface area (Å²) in [5, 5.41) is 3.05. The van der Waals surface area contributed by atoms with E-state index in [4.69, 9.17) is 0 Å². The first kappa shape index (κ1) is 9.00. The van der Waals surface area contributed by atoms with Gasteiger partial charge in [-0.05, 0) is 25.5 Å². The van der Waals surface area contributed by atoms with Crippen molar-refractivity contribution in [1.82, 2.24) is 10.3 Å². The van der Waals surface area contributed by atoms with E-state index >= 15 is 0 Å². The summed E-state index contributed by atoms with van der Waals surface area (Å²) < 4.78 is 0. The average molecular weight is 166 g/mol. The second-order valence-corrected chi connectivity index (χ2v) is 2.82. The maximum Gasteiger partial charge on any atom is 0.143 e. The number of Topliss-reactive ketones (excluding diaryl/α,β-unsaturated/α-hetero) is 1. The van der Waals surface area contributed by atoms with Gasteiger partial charge in [0.15, 0.2) is 0 Å². The van der Waals surface area contributed by atoms with Gasteiger partial charge in [0.25, 0.3) is 0 Å². The quantitative estimate of drug-likeness (QED) is 0.633. The zero-order valence-corrected chi connectivity index (χ0v) is 7.26. The highest BCUT2D eigenvalue weighted by Gasteiger charge is 1.93. The first-order valence-electron chi connectivity index (χ1n) is 4.11. The molecule has 0 bridgehead atoms. The number of ketones is 1. The fourth-order valence-electron chi connectivity index (χ4n) is 1.01. The van der Waals surface area contributed by atoms with Gasteiger partial charge in [-0.3, -0.25) is 4.79 Å². The Morgan fingerprint density at radius 2 is 2.50 bits per heavy atom. The number of hydrogen-bond acceptors (Lipinski definition) is 2. The molecule has 66 valence electrons. The van der Waals surface area contributed by atoms with E-state index in [1.807, 2.05) is 18.3 Å². The topological polar surface area (TPSA) is 44.9 Å². The molecule has 0 aliphatic carbocycles. The Labute approximate surface area is 72.2 Å². The molecule has 0 aromatic carbocycles. The lowest BCUT2D eigenvalue weighted by atomic mass is 10.3. The van der Waals surface area contributed by atoms with Gasteiger partial charge in [-0.1, -0.05) is 0 Å². The molecular formula is C9H14N2O. The smallest absolute Gasteiger partial charge is 0.143 e. The third-order valence-electron chi connectivity index (χ3n) is 1.61. The number of H-pyrrole nitrogens is 1. The van der Waals surface area contributed by atoms with E-state index < -0.39 is 0 Å². The normalized spacial score (nSPS) is 10.1. The summed E-state index contributed by atoms with van der Waals surface area (Å²) in [6, 6.07) is 4.01. The zero-order chi connectivity index (χ0) is 8.81. The highest BCUT2D eigenvalue weighted by atomic mass is 16.1. The number of aromatic amines is 1. The summed E-state index contributed by atoms with van der Waals surface area (Å²) in [4.78, 5) is 13.6. The van der Waals surface area contributed by atoms with Crippen LogP contribution in [-0.4, -0.2) is 23.9 Å². The predicted octanol–water partition coefficient (Wildman–Crippen LogP) is 0.736. The van der Waals surface area contributed by atoms with Gasteiger partial charge >= 0.3 is 0 Å². The van der Waals surface area contributed by atoms with Gasteiger partial charge in [0.1, 0.15) is 5.78 Å². The number of rotatable bonds is 5. The van der Waals surface area contributed by atoms with Crippen molar-refractivity contribution in [3.05, 3.63) is 24.0 Å². The minimum Gasteiger partial charge on any atom is -0.365 e. The van der Waals surface area contributed by atoms with Gasteiger partial charge in [0.05, 0.1) is 6.54 Å².